The molecule has 3 heteroatoms. The van der Waals surface area contributed by atoms with Crippen molar-refractivity contribution in [2.45, 2.75) is 39.2 Å². The van der Waals surface area contributed by atoms with Gasteiger partial charge in [-0.2, -0.15) is 0 Å². The van der Waals surface area contributed by atoms with Crippen molar-refractivity contribution in [3.8, 4) is 5.75 Å². The normalized spacial score (nSPS) is 29.0. The molecule has 1 saturated carbocycles. The molecule has 0 aromatic heterocycles. The van der Waals surface area contributed by atoms with E-state index < -0.39 is 0 Å². The second-order valence-corrected chi connectivity index (χ2v) is 6.80. The summed E-state index contributed by atoms with van der Waals surface area (Å²) in [5, 5.41) is 0. The van der Waals surface area contributed by atoms with Gasteiger partial charge in [-0.1, -0.05) is 26.3 Å². The quantitative estimate of drug-likeness (QED) is 0.886. The third kappa shape index (κ3) is 3.32. The highest BCUT2D eigenvalue weighted by Crippen LogP contribution is 2.39. The fraction of sp³-hybridized carbons (Fsp3) is 0.625. The lowest BCUT2D eigenvalue weighted by Gasteiger charge is -2.35. The topological polar surface area (TPSA) is 35.2 Å². The van der Waals surface area contributed by atoms with Gasteiger partial charge in [-0.25, -0.2) is 0 Å². The van der Waals surface area contributed by atoms with Crippen LogP contribution in [0, 0.1) is 17.8 Å². The van der Waals surface area contributed by atoms with E-state index in [2.05, 4.69) is 41.9 Å². The molecule has 1 aliphatic carbocycles. The van der Waals surface area contributed by atoms with Crippen molar-refractivity contribution in [1.29, 1.82) is 0 Å². The molecule has 19 heavy (non-hydrogen) atoms. The summed E-state index contributed by atoms with van der Waals surface area (Å²) in [4.78, 5) is 0. The maximum atomic E-state index is 6.48. The molecule has 0 amide bonds. The van der Waals surface area contributed by atoms with Crippen LogP contribution in [0.5, 0.6) is 5.75 Å². The van der Waals surface area contributed by atoms with Crippen LogP contribution in [0.15, 0.2) is 22.7 Å². The molecule has 4 atom stereocenters. The summed E-state index contributed by atoms with van der Waals surface area (Å²) in [6.07, 6.45) is 3.79. The van der Waals surface area contributed by atoms with Gasteiger partial charge in [0.25, 0.3) is 0 Å². The molecule has 0 aliphatic heterocycles. The van der Waals surface area contributed by atoms with E-state index in [-0.39, 0.29) is 6.04 Å². The van der Waals surface area contributed by atoms with E-state index in [0.717, 1.165) is 22.1 Å². The van der Waals surface area contributed by atoms with E-state index in [1.165, 1.54) is 24.8 Å². The summed E-state index contributed by atoms with van der Waals surface area (Å²) in [6.45, 7) is 4.71. The first-order valence-electron chi connectivity index (χ1n) is 7.12. The van der Waals surface area contributed by atoms with Gasteiger partial charge >= 0.3 is 0 Å². The number of nitrogens with two attached hydrogens (primary N) is 1. The monoisotopic (exact) mass is 325 g/mol. The number of rotatable bonds is 3. The Kier molecular flexibility index (Phi) is 4.91. The third-order valence-electron chi connectivity index (χ3n) is 4.71. The van der Waals surface area contributed by atoms with Crippen LogP contribution in [0.4, 0.5) is 0 Å². The van der Waals surface area contributed by atoms with Gasteiger partial charge in [0, 0.05) is 6.04 Å². The molecule has 0 spiro atoms. The van der Waals surface area contributed by atoms with E-state index in [4.69, 9.17) is 10.5 Å². The van der Waals surface area contributed by atoms with Crippen LogP contribution in [-0.4, -0.2) is 7.11 Å². The molecule has 1 aliphatic rings. The minimum Gasteiger partial charge on any atom is -0.496 e. The number of benzene rings is 1. The molecule has 2 N–H and O–H groups in total. The van der Waals surface area contributed by atoms with Crippen molar-refractivity contribution >= 4 is 15.9 Å². The molecule has 0 heterocycles. The molecule has 2 rings (SSSR count). The lowest BCUT2D eigenvalue weighted by molar-refractivity contribution is 0.186. The first-order valence-corrected chi connectivity index (χ1v) is 7.91. The van der Waals surface area contributed by atoms with Crippen molar-refractivity contribution in [2.75, 3.05) is 7.11 Å². The van der Waals surface area contributed by atoms with Crippen LogP contribution in [0.1, 0.15) is 44.7 Å². The summed E-state index contributed by atoms with van der Waals surface area (Å²) in [5.41, 5.74) is 7.68. The second-order valence-electron chi connectivity index (χ2n) is 5.95. The Hall–Kier alpha value is -0.540. The maximum Gasteiger partial charge on any atom is 0.133 e. The molecule has 2 nitrogen and oxygen atoms in total. The van der Waals surface area contributed by atoms with Crippen molar-refractivity contribution in [3.05, 3.63) is 28.2 Å². The zero-order valence-corrected chi connectivity index (χ0v) is 13.6. The molecule has 4 unspecified atom stereocenters. The zero-order valence-electron chi connectivity index (χ0n) is 12.0. The van der Waals surface area contributed by atoms with Crippen LogP contribution in [0.25, 0.3) is 0 Å². The van der Waals surface area contributed by atoms with Gasteiger partial charge in [-0.15, -0.1) is 0 Å². The minimum absolute atomic E-state index is 0.136. The van der Waals surface area contributed by atoms with Crippen molar-refractivity contribution in [3.63, 3.8) is 0 Å². The van der Waals surface area contributed by atoms with Gasteiger partial charge in [0.05, 0.1) is 11.6 Å². The Labute approximate surface area is 124 Å². The lowest BCUT2D eigenvalue weighted by atomic mass is 9.72. The molecule has 0 saturated heterocycles. The molecule has 1 aromatic carbocycles. The third-order valence-corrected chi connectivity index (χ3v) is 5.33. The number of hydrogen-bond acceptors (Lipinski definition) is 2. The average molecular weight is 326 g/mol. The summed E-state index contributed by atoms with van der Waals surface area (Å²) >= 11 is 3.54. The van der Waals surface area contributed by atoms with Gasteiger partial charge < -0.3 is 10.5 Å². The van der Waals surface area contributed by atoms with Crippen LogP contribution < -0.4 is 10.5 Å². The summed E-state index contributed by atoms with van der Waals surface area (Å²) in [7, 11) is 1.68. The average Bonchev–Trinajstić information content (AvgIpc) is 2.41. The fourth-order valence-corrected chi connectivity index (χ4v) is 3.64. The van der Waals surface area contributed by atoms with E-state index >= 15 is 0 Å². The number of halogens is 1. The second kappa shape index (κ2) is 6.27. The molecule has 0 radical (unpaired) electrons. The first-order chi connectivity index (χ1) is 9.02. The molecule has 0 bridgehead atoms. The van der Waals surface area contributed by atoms with Crippen molar-refractivity contribution in [1.82, 2.24) is 0 Å². The van der Waals surface area contributed by atoms with E-state index in [1.807, 2.05) is 6.07 Å². The summed E-state index contributed by atoms with van der Waals surface area (Å²) in [6, 6.07) is 6.33. The molecular weight excluding hydrogens is 302 g/mol. The standard InChI is InChI=1S/C16H24BrNO/c1-10-4-5-12(8-11(10)2)16(18)13-6-7-15(19-3)14(17)9-13/h6-7,9-12,16H,4-5,8,18H2,1-3H3. The van der Waals surface area contributed by atoms with Gasteiger partial charge in [-0.05, 0) is 64.2 Å². The predicted octanol–water partition coefficient (Wildman–Crippen LogP) is 4.53. The Morgan fingerprint density at radius 3 is 2.58 bits per heavy atom. The fourth-order valence-electron chi connectivity index (χ4n) is 3.08. The van der Waals surface area contributed by atoms with E-state index in [9.17, 15) is 0 Å². The van der Waals surface area contributed by atoms with Crippen molar-refractivity contribution in [2.24, 2.45) is 23.5 Å². The molecule has 1 fully saturated rings. The highest BCUT2D eigenvalue weighted by molar-refractivity contribution is 9.10. The number of hydrogen-bond donors (Lipinski definition) is 1. The maximum absolute atomic E-state index is 6.48. The van der Waals surface area contributed by atoms with Crippen molar-refractivity contribution < 1.29 is 4.74 Å². The Balaban J connectivity index is 2.11. The SMILES string of the molecule is COc1ccc(C(N)C2CCC(C)C(C)C2)cc1Br. The molecular formula is C16H24BrNO. The lowest BCUT2D eigenvalue weighted by Crippen LogP contribution is -2.29. The summed E-state index contributed by atoms with van der Waals surface area (Å²) < 4.78 is 6.25. The number of methoxy groups -OCH3 is 1. The van der Waals surface area contributed by atoms with Gasteiger partial charge in [0.2, 0.25) is 0 Å². The van der Waals surface area contributed by atoms with Crippen LogP contribution in [0.3, 0.4) is 0 Å². The summed E-state index contributed by atoms with van der Waals surface area (Å²) in [5.74, 6) is 3.09. The molecule has 1 aromatic rings. The molecule has 106 valence electrons. The highest BCUT2D eigenvalue weighted by Gasteiger charge is 2.29. The highest BCUT2D eigenvalue weighted by atomic mass is 79.9. The minimum atomic E-state index is 0.136. The van der Waals surface area contributed by atoms with Crippen LogP contribution in [0.2, 0.25) is 0 Å². The predicted molar refractivity (Wildman–Crippen MR) is 83.3 cm³/mol. The Morgan fingerprint density at radius 2 is 2.00 bits per heavy atom. The zero-order chi connectivity index (χ0) is 14.0. The van der Waals surface area contributed by atoms with E-state index in [1.54, 1.807) is 7.11 Å². The van der Waals surface area contributed by atoms with E-state index in [0.29, 0.717) is 5.92 Å². The Bertz CT molecular complexity index is 435. The number of ether oxygens (including phenoxy) is 1. The van der Waals surface area contributed by atoms with Gasteiger partial charge in [-0.3, -0.25) is 0 Å². The Morgan fingerprint density at radius 1 is 1.26 bits per heavy atom. The largest absolute Gasteiger partial charge is 0.496 e. The van der Waals surface area contributed by atoms with Gasteiger partial charge in [0.15, 0.2) is 0 Å². The van der Waals surface area contributed by atoms with Crippen LogP contribution in [-0.2, 0) is 0 Å². The van der Waals surface area contributed by atoms with Gasteiger partial charge in [0.1, 0.15) is 5.75 Å². The van der Waals surface area contributed by atoms with Crippen LogP contribution >= 0.6 is 15.9 Å². The smallest absolute Gasteiger partial charge is 0.133 e. The first kappa shape index (κ1) is 14.9.